The van der Waals surface area contributed by atoms with Gasteiger partial charge >= 0.3 is 5.97 Å². The summed E-state index contributed by atoms with van der Waals surface area (Å²) in [5.74, 6) is 0.845. The van der Waals surface area contributed by atoms with Gasteiger partial charge in [0.1, 0.15) is 5.82 Å². The van der Waals surface area contributed by atoms with E-state index < -0.39 is 5.97 Å². The minimum atomic E-state index is -0.703. The van der Waals surface area contributed by atoms with E-state index in [9.17, 15) is 4.79 Å². The van der Waals surface area contributed by atoms with E-state index in [1.54, 1.807) is 0 Å². The summed E-state index contributed by atoms with van der Waals surface area (Å²) in [6.07, 6.45) is 6.84. The van der Waals surface area contributed by atoms with Crippen LogP contribution in [0.15, 0.2) is 12.4 Å². The molecule has 1 N–H and O–H groups in total. The Labute approximate surface area is 96.3 Å². The third-order valence-electron chi connectivity index (χ3n) is 2.55. The fourth-order valence-corrected chi connectivity index (χ4v) is 1.75. The summed E-state index contributed by atoms with van der Waals surface area (Å²) in [7, 11) is 0. The minimum Gasteiger partial charge on any atom is -0.481 e. The minimum absolute atomic E-state index is 0.279. The van der Waals surface area contributed by atoms with Crippen molar-refractivity contribution in [3.05, 3.63) is 18.2 Å². The second kappa shape index (κ2) is 6.30. The Balaban J connectivity index is 2.26. The molecule has 1 heterocycles. The van der Waals surface area contributed by atoms with Gasteiger partial charge < -0.3 is 9.67 Å². The van der Waals surface area contributed by atoms with Gasteiger partial charge in [-0.3, -0.25) is 4.79 Å². The van der Waals surface area contributed by atoms with Crippen LogP contribution in [0.25, 0.3) is 0 Å². The van der Waals surface area contributed by atoms with Crippen molar-refractivity contribution in [3.8, 4) is 0 Å². The number of nitrogens with zero attached hydrogens (tertiary/aromatic N) is 2. The summed E-state index contributed by atoms with van der Waals surface area (Å²) in [5, 5.41) is 8.50. The Morgan fingerprint density at radius 2 is 2.19 bits per heavy atom. The molecule has 0 saturated carbocycles. The largest absolute Gasteiger partial charge is 0.481 e. The van der Waals surface area contributed by atoms with Crippen molar-refractivity contribution in [1.82, 2.24) is 9.55 Å². The number of carboxylic acid groups (broad SMARTS) is 1. The van der Waals surface area contributed by atoms with Gasteiger partial charge in [0.2, 0.25) is 0 Å². The molecule has 0 aliphatic heterocycles. The van der Waals surface area contributed by atoms with Gasteiger partial charge in [-0.25, -0.2) is 4.98 Å². The molecule has 0 amide bonds. The first-order chi connectivity index (χ1) is 7.61. The number of unbranched alkanes of at least 4 members (excludes halogenated alkanes) is 2. The zero-order valence-electron chi connectivity index (χ0n) is 10.0. The molecular weight excluding hydrogens is 204 g/mol. The van der Waals surface area contributed by atoms with Crippen LogP contribution in [0.4, 0.5) is 0 Å². The molecule has 1 rings (SSSR count). The normalized spacial score (nSPS) is 10.9. The topological polar surface area (TPSA) is 55.1 Å². The molecule has 16 heavy (non-hydrogen) atoms. The average Bonchev–Trinajstić information content (AvgIpc) is 2.65. The summed E-state index contributed by atoms with van der Waals surface area (Å²) in [6, 6.07) is 0. The van der Waals surface area contributed by atoms with Crippen LogP contribution in [0.3, 0.4) is 0 Å². The second-order valence-electron chi connectivity index (χ2n) is 4.34. The molecular formula is C12H20N2O2. The third kappa shape index (κ3) is 4.04. The van der Waals surface area contributed by atoms with Crippen LogP contribution in [0, 0.1) is 0 Å². The summed E-state index contributed by atoms with van der Waals surface area (Å²) in [4.78, 5) is 14.6. The highest BCUT2D eigenvalue weighted by Crippen LogP contribution is 2.13. The van der Waals surface area contributed by atoms with Gasteiger partial charge in [-0.05, 0) is 12.8 Å². The molecule has 4 heteroatoms. The van der Waals surface area contributed by atoms with Gasteiger partial charge in [-0.15, -0.1) is 0 Å². The number of imidazole rings is 1. The first-order valence-corrected chi connectivity index (χ1v) is 5.84. The molecule has 0 aliphatic carbocycles. The number of hydrogen-bond acceptors (Lipinski definition) is 2. The number of carbonyl (C=O) groups is 1. The molecule has 0 aromatic carbocycles. The van der Waals surface area contributed by atoms with Crippen molar-refractivity contribution in [2.45, 2.75) is 52.0 Å². The van der Waals surface area contributed by atoms with Crippen LogP contribution >= 0.6 is 0 Å². The fourth-order valence-electron chi connectivity index (χ4n) is 1.75. The molecule has 0 fully saturated rings. The highest BCUT2D eigenvalue weighted by molar-refractivity contribution is 5.66. The van der Waals surface area contributed by atoms with E-state index in [1.807, 2.05) is 12.4 Å². The smallest absolute Gasteiger partial charge is 0.303 e. The first kappa shape index (κ1) is 12.7. The Morgan fingerprint density at radius 3 is 2.81 bits per heavy atom. The van der Waals surface area contributed by atoms with Crippen LogP contribution in [-0.4, -0.2) is 20.6 Å². The van der Waals surface area contributed by atoms with Gasteiger partial charge in [0.15, 0.2) is 0 Å². The first-order valence-electron chi connectivity index (χ1n) is 5.84. The van der Waals surface area contributed by atoms with Crippen LogP contribution in [0.1, 0.15) is 51.3 Å². The van der Waals surface area contributed by atoms with Gasteiger partial charge in [0.05, 0.1) is 0 Å². The number of rotatable bonds is 7. The number of carboxylic acids is 1. The maximum absolute atomic E-state index is 10.3. The monoisotopic (exact) mass is 224 g/mol. The van der Waals surface area contributed by atoms with E-state index in [2.05, 4.69) is 23.4 Å². The maximum atomic E-state index is 10.3. The molecule has 0 radical (unpaired) electrons. The zero-order valence-corrected chi connectivity index (χ0v) is 10.0. The second-order valence-corrected chi connectivity index (χ2v) is 4.34. The Morgan fingerprint density at radius 1 is 1.44 bits per heavy atom. The Bertz CT molecular complexity index is 332. The summed E-state index contributed by atoms with van der Waals surface area (Å²) in [6.45, 7) is 5.19. The van der Waals surface area contributed by atoms with E-state index in [-0.39, 0.29) is 6.42 Å². The highest BCUT2D eigenvalue weighted by atomic mass is 16.4. The van der Waals surface area contributed by atoms with Crippen LogP contribution in [-0.2, 0) is 11.3 Å². The van der Waals surface area contributed by atoms with Gasteiger partial charge in [0, 0.05) is 31.3 Å². The number of aryl methyl sites for hydroxylation is 1. The lowest BCUT2D eigenvalue weighted by Crippen LogP contribution is -2.05. The number of aromatic nitrogens is 2. The van der Waals surface area contributed by atoms with Crippen molar-refractivity contribution in [1.29, 1.82) is 0 Å². The standard InChI is InChI=1S/C12H20N2O2/c1-10(2)12-13-7-9-14(12)8-5-3-4-6-11(15)16/h7,9-10H,3-6,8H2,1-2H3,(H,15,16). The number of aliphatic carboxylic acids is 1. The van der Waals surface area contributed by atoms with Crippen molar-refractivity contribution < 1.29 is 9.90 Å². The molecule has 0 saturated heterocycles. The van der Waals surface area contributed by atoms with Crippen molar-refractivity contribution in [2.75, 3.05) is 0 Å². The maximum Gasteiger partial charge on any atom is 0.303 e. The predicted molar refractivity (Wildman–Crippen MR) is 62.4 cm³/mol. The van der Waals surface area contributed by atoms with Gasteiger partial charge in [-0.1, -0.05) is 20.3 Å². The summed E-state index contributed by atoms with van der Waals surface area (Å²) in [5.41, 5.74) is 0. The lowest BCUT2D eigenvalue weighted by Gasteiger charge is -2.09. The lowest BCUT2D eigenvalue weighted by molar-refractivity contribution is -0.137. The quantitative estimate of drug-likeness (QED) is 0.724. The average molecular weight is 224 g/mol. The van der Waals surface area contributed by atoms with Crippen molar-refractivity contribution in [2.24, 2.45) is 0 Å². The Kier molecular flexibility index (Phi) is 5.02. The van der Waals surface area contributed by atoms with Crippen LogP contribution in [0.5, 0.6) is 0 Å². The summed E-state index contributed by atoms with van der Waals surface area (Å²) >= 11 is 0. The highest BCUT2D eigenvalue weighted by Gasteiger charge is 2.06. The Hall–Kier alpha value is -1.32. The number of hydrogen-bond donors (Lipinski definition) is 1. The van der Waals surface area contributed by atoms with E-state index >= 15 is 0 Å². The SMILES string of the molecule is CC(C)c1nccn1CCCCCC(=O)O. The lowest BCUT2D eigenvalue weighted by atomic mass is 10.2. The molecule has 0 spiro atoms. The fraction of sp³-hybridized carbons (Fsp3) is 0.667. The third-order valence-corrected chi connectivity index (χ3v) is 2.55. The molecule has 0 bridgehead atoms. The molecule has 4 nitrogen and oxygen atoms in total. The van der Waals surface area contributed by atoms with Crippen LogP contribution in [0.2, 0.25) is 0 Å². The predicted octanol–water partition coefficient (Wildman–Crippen LogP) is 2.65. The van der Waals surface area contributed by atoms with Gasteiger partial charge in [-0.2, -0.15) is 0 Å². The van der Waals surface area contributed by atoms with Crippen LogP contribution < -0.4 is 0 Å². The van der Waals surface area contributed by atoms with E-state index in [4.69, 9.17) is 5.11 Å². The molecule has 0 aliphatic rings. The van der Waals surface area contributed by atoms with Gasteiger partial charge in [0.25, 0.3) is 0 Å². The molecule has 0 unspecified atom stereocenters. The van der Waals surface area contributed by atoms with Crippen molar-refractivity contribution in [3.63, 3.8) is 0 Å². The van der Waals surface area contributed by atoms with E-state index in [1.165, 1.54) is 0 Å². The van der Waals surface area contributed by atoms with Crippen molar-refractivity contribution >= 4 is 5.97 Å². The van der Waals surface area contributed by atoms with E-state index in [0.29, 0.717) is 5.92 Å². The van der Waals surface area contributed by atoms with E-state index in [0.717, 1.165) is 31.6 Å². The molecule has 1 aromatic heterocycles. The molecule has 90 valence electrons. The molecule has 0 atom stereocenters. The molecule has 1 aromatic rings. The zero-order chi connectivity index (χ0) is 12.0. The summed E-state index contributed by atoms with van der Waals surface area (Å²) < 4.78 is 2.16.